The van der Waals surface area contributed by atoms with E-state index in [1.165, 1.54) is 5.56 Å². The zero-order valence-corrected chi connectivity index (χ0v) is 12.2. The van der Waals surface area contributed by atoms with E-state index in [1.54, 1.807) is 0 Å². The molecule has 0 bridgehead atoms. The molecule has 2 nitrogen and oxygen atoms in total. The van der Waals surface area contributed by atoms with Gasteiger partial charge in [-0.25, -0.2) is 0 Å². The molecule has 0 saturated heterocycles. The zero-order valence-electron chi connectivity index (χ0n) is 12.2. The van der Waals surface area contributed by atoms with Gasteiger partial charge in [-0.1, -0.05) is 26.8 Å². The van der Waals surface area contributed by atoms with Gasteiger partial charge in [-0.3, -0.25) is 0 Å². The molecule has 0 aromatic heterocycles. The summed E-state index contributed by atoms with van der Waals surface area (Å²) in [6.07, 6.45) is 1.99. The van der Waals surface area contributed by atoms with E-state index in [1.807, 2.05) is 0 Å². The fraction of sp³-hybridized carbons (Fsp3) is 0.625. The van der Waals surface area contributed by atoms with E-state index in [2.05, 4.69) is 52.8 Å². The monoisotopic (exact) mass is 247 g/mol. The van der Waals surface area contributed by atoms with E-state index in [0.717, 1.165) is 24.2 Å². The van der Waals surface area contributed by atoms with E-state index < -0.39 is 0 Å². The Morgan fingerprint density at radius 2 is 2.06 bits per heavy atom. The number of ether oxygens (including phenoxy) is 1. The average molecular weight is 247 g/mol. The Hall–Kier alpha value is -1.02. The molecule has 0 saturated carbocycles. The molecule has 1 aliphatic heterocycles. The summed E-state index contributed by atoms with van der Waals surface area (Å²) in [5.41, 5.74) is 8.84. The number of hydrogen-bond acceptors (Lipinski definition) is 2. The molecule has 0 spiro atoms. The Kier molecular flexibility index (Phi) is 3.18. The van der Waals surface area contributed by atoms with Crippen molar-refractivity contribution in [3.8, 4) is 5.75 Å². The van der Waals surface area contributed by atoms with E-state index in [-0.39, 0.29) is 17.1 Å². The van der Waals surface area contributed by atoms with Crippen molar-refractivity contribution >= 4 is 0 Å². The normalized spacial score (nSPS) is 22.2. The third-order valence-electron chi connectivity index (χ3n) is 4.17. The summed E-state index contributed by atoms with van der Waals surface area (Å²) in [5, 5.41) is 0. The second kappa shape index (κ2) is 4.27. The van der Waals surface area contributed by atoms with Crippen molar-refractivity contribution in [1.82, 2.24) is 0 Å². The molecule has 1 aromatic rings. The van der Waals surface area contributed by atoms with Crippen molar-refractivity contribution in [2.45, 2.75) is 64.5 Å². The smallest absolute Gasteiger partial charge is 0.124 e. The number of nitrogens with two attached hydrogens (primary N) is 1. The highest BCUT2D eigenvalue weighted by Crippen LogP contribution is 2.40. The average Bonchev–Trinajstić information content (AvgIpc) is 2.27. The third-order valence-corrected chi connectivity index (χ3v) is 4.17. The van der Waals surface area contributed by atoms with Gasteiger partial charge < -0.3 is 10.5 Å². The highest BCUT2D eigenvalue weighted by Gasteiger charge is 2.32. The Morgan fingerprint density at radius 3 is 2.67 bits per heavy atom. The molecule has 0 fully saturated rings. The highest BCUT2D eigenvalue weighted by atomic mass is 16.5. The second-order valence-corrected chi connectivity index (χ2v) is 6.66. The van der Waals surface area contributed by atoms with Crippen LogP contribution in [0.25, 0.3) is 0 Å². The van der Waals surface area contributed by atoms with E-state index in [4.69, 9.17) is 10.5 Å². The molecule has 1 atom stereocenters. The van der Waals surface area contributed by atoms with Gasteiger partial charge in [0.1, 0.15) is 11.4 Å². The molecular weight excluding hydrogens is 222 g/mol. The van der Waals surface area contributed by atoms with Gasteiger partial charge in [0.2, 0.25) is 0 Å². The maximum Gasteiger partial charge on any atom is 0.124 e. The van der Waals surface area contributed by atoms with Crippen LogP contribution in [0.5, 0.6) is 5.75 Å². The van der Waals surface area contributed by atoms with Crippen LogP contribution in [0.15, 0.2) is 18.2 Å². The van der Waals surface area contributed by atoms with Gasteiger partial charge in [0.05, 0.1) is 0 Å². The van der Waals surface area contributed by atoms with Crippen LogP contribution in [0.2, 0.25) is 0 Å². The third kappa shape index (κ3) is 2.39. The fourth-order valence-corrected chi connectivity index (χ4v) is 2.54. The van der Waals surface area contributed by atoms with Gasteiger partial charge in [-0.05, 0) is 43.4 Å². The molecule has 1 aliphatic rings. The first-order valence-corrected chi connectivity index (χ1v) is 6.84. The lowest BCUT2D eigenvalue weighted by atomic mass is 9.80. The van der Waals surface area contributed by atoms with E-state index in [0.29, 0.717) is 0 Å². The molecule has 2 rings (SSSR count). The maximum atomic E-state index is 6.30. The number of benzene rings is 1. The lowest BCUT2D eigenvalue weighted by Crippen LogP contribution is -2.37. The zero-order chi connectivity index (χ0) is 13.6. The van der Waals surface area contributed by atoms with Crippen molar-refractivity contribution in [3.63, 3.8) is 0 Å². The molecule has 100 valence electrons. The molecule has 1 aromatic carbocycles. The van der Waals surface area contributed by atoms with Crippen LogP contribution in [-0.2, 0) is 5.41 Å². The molecule has 0 aliphatic carbocycles. The molecule has 0 amide bonds. The van der Waals surface area contributed by atoms with Crippen LogP contribution in [0, 0.1) is 0 Å². The van der Waals surface area contributed by atoms with Gasteiger partial charge in [0.15, 0.2) is 0 Å². The van der Waals surface area contributed by atoms with E-state index in [9.17, 15) is 0 Å². The molecule has 1 unspecified atom stereocenters. The minimum atomic E-state index is -0.159. The molecular formula is C16H25NO. The maximum absolute atomic E-state index is 6.30. The van der Waals surface area contributed by atoms with Crippen molar-refractivity contribution in [3.05, 3.63) is 29.3 Å². The summed E-state index contributed by atoms with van der Waals surface area (Å²) in [5.74, 6) is 0.953. The summed E-state index contributed by atoms with van der Waals surface area (Å²) in [6, 6.07) is 6.58. The van der Waals surface area contributed by atoms with Crippen LogP contribution in [0.1, 0.15) is 64.6 Å². The SMILES string of the molecule is CCC(C)(C)c1ccc2c(c1)C(N)CC(C)(C)O2. The predicted octanol–water partition coefficient (Wildman–Crippen LogP) is 3.94. The van der Waals surface area contributed by atoms with Crippen molar-refractivity contribution < 1.29 is 4.74 Å². The first kappa shape index (κ1) is 13.4. The standard InChI is InChI=1S/C16H25NO/c1-6-15(2,3)11-7-8-14-12(9-11)13(17)10-16(4,5)18-14/h7-9,13H,6,10,17H2,1-5H3. The van der Waals surface area contributed by atoms with Crippen molar-refractivity contribution in [1.29, 1.82) is 0 Å². The van der Waals surface area contributed by atoms with Crippen molar-refractivity contribution in [2.75, 3.05) is 0 Å². The fourth-order valence-electron chi connectivity index (χ4n) is 2.54. The van der Waals surface area contributed by atoms with Crippen LogP contribution in [-0.4, -0.2) is 5.60 Å². The van der Waals surface area contributed by atoms with Gasteiger partial charge in [0, 0.05) is 18.0 Å². The number of fused-ring (bicyclic) bond motifs is 1. The van der Waals surface area contributed by atoms with Gasteiger partial charge >= 0.3 is 0 Å². The first-order valence-electron chi connectivity index (χ1n) is 6.84. The summed E-state index contributed by atoms with van der Waals surface area (Å²) in [6.45, 7) is 11.0. The topological polar surface area (TPSA) is 35.2 Å². The lowest BCUT2D eigenvalue weighted by molar-refractivity contribution is 0.0727. The molecule has 2 N–H and O–H groups in total. The molecule has 0 radical (unpaired) electrons. The lowest BCUT2D eigenvalue weighted by Gasteiger charge is -2.37. The predicted molar refractivity (Wildman–Crippen MR) is 76.0 cm³/mol. The van der Waals surface area contributed by atoms with Crippen LogP contribution < -0.4 is 10.5 Å². The molecule has 18 heavy (non-hydrogen) atoms. The summed E-state index contributed by atoms with van der Waals surface area (Å²) >= 11 is 0. The Morgan fingerprint density at radius 1 is 1.39 bits per heavy atom. The summed E-state index contributed by atoms with van der Waals surface area (Å²) < 4.78 is 6.01. The quantitative estimate of drug-likeness (QED) is 0.859. The summed E-state index contributed by atoms with van der Waals surface area (Å²) in [7, 11) is 0. The van der Waals surface area contributed by atoms with Crippen molar-refractivity contribution in [2.24, 2.45) is 5.73 Å². The Balaban J connectivity index is 2.42. The number of rotatable bonds is 2. The molecule has 2 heteroatoms. The minimum Gasteiger partial charge on any atom is -0.487 e. The van der Waals surface area contributed by atoms with Gasteiger partial charge in [-0.15, -0.1) is 0 Å². The number of hydrogen-bond donors (Lipinski definition) is 1. The van der Waals surface area contributed by atoms with Crippen LogP contribution in [0.3, 0.4) is 0 Å². The summed E-state index contributed by atoms with van der Waals surface area (Å²) in [4.78, 5) is 0. The first-order chi connectivity index (χ1) is 8.25. The Labute approximate surface area is 111 Å². The largest absolute Gasteiger partial charge is 0.487 e. The minimum absolute atomic E-state index is 0.0800. The van der Waals surface area contributed by atoms with E-state index >= 15 is 0 Å². The Bertz CT molecular complexity index is 448. The molecule has 1 heterocycles. The van der Waals surface area contributed by atoms with Gasteiger partial charge in [0.25, 0.3) is 0 Å². The van der Waals surface area contributed by atoms with Crippen LogP contribution in [0.4, 0.5) is 0 Å². The highest BCUT2D eigenvalue weighted by molar-refractivity contribution is 5.43. The van der Waals surface area contributed by atoms with Crippen LogP contribution >= 0.6 is 0 Å². The second-order valence-electron chi connectivity index (χ2n) is 6.66. The van der Waals surface area contributed by atoms with Gasteiger partial charge in [-0.2, -0.15) is 0 Å².